The van der Waals surface area contributed by atoms with Crippen LogP contribution in [0.5, 0.6) is 5.75 Å². The van der Waals surface area contributed by atoms with Crippen LogP contribution in [0.25, 0.3) is 0 Å². The van der Waals surface area contributed by atoms with Gasteiger partial charge >= 0.3 is 13.2 Å². The van der Waals surface area contributed by atoms with Crippen LogP contribution in [-0.2, 0) is 18.8 Å². The zero-order valence-electron chi connectivity index (χ0n) is 20.8. The maximum absolute atomic E-state index is 12.8. The zero-order valence-corrected chi connectivity index (χ0v) is 20.8. The molecule has 0 N–H and O–H groups in total. The number of fused-ring (bicyclic) bond motifs is 1. The van der Waals surface area contributed by atoms with Gasteiger partial charge in [0.15, 0.2) is 6.61 Å². The van der Waals surface area contributed by atoms with E-state index in [0.29, 0.717) is 31.1 Å². The van der Waals surface area contributed by atoms with Crippen molar-refractivity contribution >= 4 is 30.3 Å². The maximum atomic E-state index is 12.8. The van der Waals surface area contributed by atoms with Crippen LogP contribution in [0.4, 0.5) is 10.5 Å². The summed E-state index contributed by atoms with van der Waals surface area (Å²) in [6.07, 6.45) is 0.512. The lowest BCUT2D eigenvalue weighted by atomic mass is 9.78. The SMILES string of the molecule is CC(C)(C)OC(=O)N1CCC(CN2C(=O)COc3ccc(B4OC(C)(C)C(C)(C)O4)cc32)C1. The van der Waals surface area contributed by atoms with E-state index in [1.54, 1.807) is 9.80 Å². The van der Waals surface area contributed by atoms with Crippen molar-refractivity contribution in [1.29, 1.82) is 0 Å². The molecule has 0 radical (unpaired) electrons. The molecule has 0 saturated carbocycles. The molecular weight excluding hydrogens is 423 g/mol. The molecule has 2 fully saturated rings. The molecule has 180 valence electrons. The second kappa shape index (κ2) is 8.20. The number of benzene rings is 1. The fraction of sp³-hybridized carbons (Fsp3) is 0.667. The number of hydrogen-bond acceptors (Lipinski definition) is 6. The summed E-state index contributed by atoms with van der Waals surface area (Å²) in [6.45, 7) is 15.3. The molecule has 4 rings (SSSR count). The van der Waals surface area contributed by atoms with E-state index < -0.39 is 23.9 Å². The van der Waals surface area contributed by atoms with Crippen LogP contribution in [-0.4, -0.2) is 67.1 Å². The van der Waals surface area contributed by atoms with Gasteiger partial charge in [0.2, 0.25) is 0 Å². The summed E-state index contributed by atoms with van der Waals surface area (Å²) in [6, 6.07) is 5.72. The van der Waals surface area contributed by atoms with E-state index in [1.165, 1.54) is 0 Å². The molecule has 2 amide bonds. The molecule has 9 heteroatoms. The van der Waals surface area contributed by atoms with Crippen LogP contribution in [0.15, 0.2) is 18.2 Å². The molecule has 1 unspecified atom stereocenters. The van der Waals surface area contributed by atoms with Crippen molar-refractivity contribution in [3.05, 3.63) is 18.2 Å². The van der Waals surface area contributed by atoms with Crippen LogP contribution < -0.4 is 15.1 Å². The highest BCUT2D eigenvalue weighted by atomic mass is 16.7. The van der Waals surface area contributed by atoms with Crippen molar-refractivity contribution in [3.8, 4) is 5.75 Å². The standard InChI is InChI=1S/C24H35BN2O6/c1-22(2,3)31-21(29)26-11-10-16(13-26)14-27-18-12-17(8-9-19(18)30-15-20(27)28)25-32-23(4,5)24(6,7)33-25/h8-9,12,16H,10-11,13-15H2,1-7H3. The summed E-state index contributed by atoms with van der Waals surface area (Å²) in [7, 11) is -0.520. The highest BCUT2D eigenvalue weighted by Crippen LogP contribution is 2.38. The molecule has 0 aromatic heterocycles. The summed E-state index contributed by atoms with van der Waals surface area (Å²) in [5, 5.41) is 0. The Kier molecular flexibility index (Phi) is 5.94. The van der Waals surface area contributed by atoms with Gasteiger partial charge in [0.1, 0.15) is 11.4 Å². The third-order valence-corrected chi connectivity index (χ3v) is 6.83. The van der Waals surface area contributed by atoms with Gasteiger partial charge in [-0.25, -0.2) is 4.79 Å². The number of hydrogen-bond donors (Lipinski definition) is 0. The van der Waals surface area contributed by atoms with Crippen LogP contribution in [0.3, 0.4) is 0 Å². The fourth-order valence-corrected chi connectivity index (χ4v) is 4.28. The summed E-state index contributed by atoms with van der Waals surface area (Å²) in [5.41, 5.74) is 0.132. The van der Waals surface area contributed by atoms with E-state index in [-0.39, 0.29) is 24.5 Å². The van der Waals surface area contributed by atoms with Crippen molar-refractivity contribution in [2.24, 2.45) is 5.92 Å². The molecule has 0 bridgehead atoms. The van der Waals surface area contributed by atoms with Crippen molar-refractivity contribution < 1.29 is 28.4 Å². The molecule has 1 aromatic rings. The van der Waals surface area contributed by atoms with E-state index in [1.807, 2.05) is 66.7 Å². The Morgan fingerprint density at radius 1 is 1.18 bits per heavy atom. The topological polar surface area (TPSA) is 77.5 Å². The number of likely N-dealkylation sites (tertiary alicyclic amines) is 1. The van der Waals surface area contributed by atoms with E-state index in [0.717, 1.165) is 11.9 Å². The Hall–Kier alpha value is -2.26. The molecule has 3 heterocycles. The Labute approximate surface area is 196 Å². The van der Waals surface area contributed by atoms with E-state index in [4.69, 9.17) is 18.8 Å². The van der Waals surface area contributed by atoms with Crippen LogP contribution >= 0.6 is 0 Å². The van der Waals surface area contributed by atoms with Gasteiger partial charge in [-0.1, -0.05) is 6.07 Å². The van der Waals surface area contributed by atoms with E-state index >= 15 is 0 Å². The Bertz CT molecular complexity index is 925. The van der Waals surface area contributed by atoms with Crippen molar-refractivity contribution in [2.45, 2.75) is 71.7 Å². The number of rotatable bonds is 3. The second-order valence-electron chi connectivity index (χ2n) is 11.2. The predicted molar refractivity (Wildman–Crippen MR) is 126 cm³/mol. The first kappa shape index (κ1) is 23.9. The molecule has 3 aliphatic heterocycles. The quantitative estimate of drug-likeness (QED) is 0.649. The molecule has 0 spiro atoms. The minimum atomic E-state index is -0.530. The molecule has 8 nitrogen and oxygen atoms in total. The van der Waals surface area contributed by atoms with Crippen molar-refractivity contribution in [3.63, 3.8) is 0 Å². The monoisotopic (exact) mass is 458 g/mol. The average Bonchev–Trinajstić information content (AvgIpc) is 3.24. The van der Waals surface area contributed by atoms with Gasteiger partial charge < -0.3 is 28.6 Å². The molecular formula is C24H35BN2O6. The third kappa shape index (κ3) is 4.85. The number of carbonyl (C=O) groups is 2. The molecule has 3 aliphatic rings. The minimum absolute atomic E-state index is 0.00530. The van der Waals surface area contributed by atoms with Crippen molar-refractivity contribution in [1.82, 2.24) is 4.90 Å². The summed E-state index contributed by atoms with van der Waals surface area (Å²) in [5.74, 6) is 0.731. The molecule has 1 atom stereocenters. The Morgan fingerprint density at radius 3 is 2.48 bits per heavy atom. The van der Waals surface area contributed by atoms with Gasteiger partial charge in [-0.3, -0.25) is 4.79 Å². The molecule has 33 heavy (non-hydrogen) atoms. The Balaban J connectivity index is 1.50. The fourth-order valence-electron chi connectivity index (χ4n) is 4.28. The summed E-state index contributed by atoms with van der Waals surface area (Å²) >= 11 is 0. The number of amides is 2. The normalized spacial score (nSPS) is 24.0. The molecule has 0 aliphatic carbocycles. The van der Waals surface area contributed by atoms with Gasteiger partial charge in [-0.2, -0.15) is 0 Å². The minimum Gasteiger partial charge on any atom is -0.482 e. The first-order valence-corrected chi connectivity index (χ1v) is 11.7. The average molecular weight is 458 g/mol. The van der Waals surface area contributed by atoms with Crippen LogP contribution in [0.1, 0.15) is 54.9 Å². The third-order valence-electron chi connectivity index (χ3n) is 6.83. The van der Waals surface area contributed by atoms with Gasteiger partial charge in [0.05, 0.1) is 16.9 Å². The first-order valence-electron chi connectivity index (χ1n) is 11.7. The van der Waals surface area contributed by atoms with E-state index in [2.05, 4.69) is 0 Å². The highest BCUT2D eigenvalue weighted by molar-refractivity contribution is 6.62. The van der Waals surface area contributed by atoms with E-state index in [9.17, 15) is 9.59 Å². The maximum Gasteiger partial charge on any atom is 0.494 e. The zero-order chi connectivity index (χ0) is 24.2. The second-order valence-corrected chi connectivity index (χ2v) is 11.2. The number of carbonyl (C=O) groups excluding carboxylic acids is 2. The largest absolute Gasteiger partial charge is 0.494 e. The molecule has 2 saturated heterocycles. The molecule has 1 aromatic carbocycles. The number of anilines is 1. The van der Waals surface area contributed by atoms with Crippen molar-refractivity contribution in [2.75, 3.05) is 31.1 Å². The smallest absolute Gasteiger partial charge is 0.482 e. The lowest BCUT2D eigenvalue weighted by Crippen LogP contribution is -2.44. The summed E-state index contributed by atoms with van der Waals surface area (Å²) in [4.78, 5) is 28.8. The summed E-state index contributed by atoms with van der Waals surface area (Å²) < 4.78 is 23.6. The predicted octanol–water partition coefficient (Wildman–Crippen LogP) is 2.97. The van der Waals surface area contributed by atoms with Gasteiger partial charge in [0.25, 0.3) is 5.91 Å². The lowest BCUT2D eigenvalue weighted by Gasteiger charge is -2.32. The van der Waals surface area contributed by atoms with Gasteiger partial charge in [-0.15, -0.1) is 0 Å². The number of ether oxygens (including phenoxy) is 2. The Morgan fingerprint density at radius 2 is 1.85 bits per heavy atom. The lowest BCUT2D eigenvalue weighted by molar-refractivity contribution is -0.121. The number of nitrogens with zero attached hydrogens (tertiary/aromatic N) is 2. The highest BCUT2D eigenvalue weighted by Gasteiger charge is 2.52. The van der Waals surface area contributed by atoms with Gasteiger partial charge in [-0.05, 0) is 78.4 Å². The van der Waals surface area contributed by atoms with Gasteiger partial charge in [0, 0.05) is 19.6 Å². The van der Waals surface area contributed by atoms with Crippen LogP contribution in [0.2, 0.25) is 0 Å². The first-order chi connectivity index (χ1) is 15.3. The van der Waals surface area contributed by atoms with Crippen LogP contribution in [0, 0.1) is 5.92 Å².